The van der Waals surface area contributed by atoms with E-state index in [1.807, 2.05) is 0 Å². The van der Waals surface area contributed by atoms with Crippen molar-refractivity contribution in [2.45, 2.75) is 0 Å². The van der Waals surface area contributed by atoms with Gasteiger partial charge in [-0.2, -0.15) is 0 Å². The Morgan fingerprint density at radius 3 is 0.889 bits per heavy atom. The summed E-state index contributed by atoms with van der Waals surface area (Å²) >= 11 is -5.25. The van der Waals surface area contributed by atoms with Gasteiger partial charge in [-0.15, -0.1) is 0 Å². The van der Waals surface area contributed by atoms with Crippen LogP contribution in [0.2, 0.25) is 0 Å². The quantitative estimate of drug-likeness (QED) is 0.192. The van der Waals surface area contributed by atoms with Gasteiger partial charge in [-0.05, 0) is 0 Å². The zero-order chi connectivity index (χ0) is 4.50. The Kier molecular flexibility index (Phi) is 45.0. The molecule has 0 amide bonds. The van der Waals surface area contributed by atoms with Gasteiger partial charge in [-0.25, -0.2) is 0 Å². The average Bonchev–Trinajstić information content (AvgIpc) is 0.722. The topological polar surface area (TPSA) is 74.6 Å². The summed E-state index contributed by atoms with van der Waals surface area (Å²) in [6.07, 6.45) is 0. The fraction of sp³-hybridized carbons (Fsp3) is 0. The van der Waals surface area contributed by atoms with Gasteiger partial charge >= 0.3 is 55.6 Å². The normalized spacial score (nSPS) is 6.44. The summed E-state index contributed by atoms with van der Waals surface area (Å²) in [5.74, 6) is 0. The smallest absolute Gasteiger partial charge is 1.00 e. The molecule has 2 N–H and O–H groups in total. The van der Waals surface area contributed by atoms with Crippen LogP contribution in [0.15, 0.2) is 0 Å². The maximum Gasteiger partial charge on any atom is 3.00 e. The molecule has 9 heteroatoms. The maximum atomic E-state index is 8.82. The molecule has 0 rings (SSSR count). The van der Waals surface area contributed by atoms with Crippen molar-refractivity contribution in [3.05, 3.63) is 0 Å². The second-order valence-electron chi connectivity index (χ2n) is 0.448. The first-order valence-electron chi connectivity index (χ1n) is 0.698. The first kappa shape index (κ1) is 29.6. The SMILES string of the molecule is O=[Se](=O)(O)O.[Bi+3].[I-].[I-].[I-]. The molecule has 0 spiro atoms. The molecule has 0 fully saturated rings. The van der Waals surface area contributed by atoms with E-state index in [1.165, 1.54) is 0 Å². The molecule has 0 aliphatic rings. The minimum atomic E-state index is -5.25. The second kappa shape index (κ2) is 13.7. The molecule has 9 heavy (non-hydrogen) atoms. The van der Waals surface area contributed by atoms with Crippen LogP contribution in [0.25, 0.3) is 0 Å². The van der Waals surface area contributed by atoms with E-state index in [1.54, 1.807) is 0 Å². The summed E-state index contributed by atoms with van der Waals surface area (Å²) in [5, 5.41) is 0. The van der Waals surface area contributed by atoms with Crippen molar-refractivity contribution in [3.8, 4) is 0 Å². The summed E-state index contributed by atoms with van der Waals surface area (Å²) in [6, 6.07) is 0. The van der Waals surface area contributed by atoms with Gasteiger partial charge in [0, 0.05) is 0 Å². The first-order valence-corrected chi connectivity index (χ1v) is 3.63. The molecule has 0 heterocycles. The van der Waals surface area contributed by atoms with Gasteiger partial charge in [0.25, 0.3) is 0 Å². The van der Waals surface area contributed by atoms with Crippen LogP contribution in [-0.4, -0.2) is 47.9 Å². The van der Waals surface area contributed by atoms with E-state index < -0.39 is 13.4 Å². The van der Waals surface area contributed by atoms with E-state index in [0.717, 1.165) is 0 Å². The summed E-state index contributed by atoms with van der Waals surface area (Å²) in [7, 11) is 0. The predicted molar refractivity (Wildman–Crippen MR) is 17.3 cm³/mol. The molecular weight excluding hydrogens is 733 g/mol. The molecule has 58 valence electrons. The largest absolute Gasteiger partial charge is 3.00 e. The van der Waals surface area contributed by atoms with Crippen LogP contribution in [-0.2, 0) is 7.67 Å². The maximum absolute atomic E-state index is 8.82. The molecule has 0 aromatic carbocycles. The Morgan fingerprint density at radius 1 is 0.889 bits per heavy atom. The summed E-state index contributed by atoms with van der Waals surface area (Å²) in [4.78, 5) is 0. The first-order chi connectivity index (χ1) is 2.00. The van der Waals surface area contributed by atoms with Crippen molar-refractivity contribution in [2.24, 2.45) is 0 Å². The molecular formula is H2BiI3O4Se. The third-order valence-electron chi connectivity index (χ3n) is 0. The van der Waals surface area contributed by atoms with Crippen LogP contribution in [0.3, 0.4) is 0 Å². The van der Waals surface area contributed by atoms with Gasteiger partial charge in [0.05, 0.1) is 0 Å². The summed E-state index contributed by atoms with van der Waals surface area (Å²) in [6.45, 7) is 0. The van der Waals surface area contributed by atoms with Crippen molar-refractivity contribution in [3.63, 3.8) is 0 Å². The zero-order valence-electron chi connectivity index (χ0n) is 3.70. The summed E-state index contributed by atoms with van der Waals surface area (Å²) < 4.78 is 31.9. The molecule has 0 aromatic rings. The van der Waals surface area contributed by atoms with Crippen molar-refractivity contribution in [1.29, 1.82) is 0 Å². The Bertz CT molecular complexity index is 99.0. The monoisotopic (exact) mass is 736 g/mol. The van der Waals surface area contributed by atoms with Gasteiger partial charge in [0.2, 0.25) is 0 Å². The van der Waals surface area contributed by atoms with Crippen LogP contribution >= 0.6 is 0 Å². The fourth-order valence-electron chi connectivity index (χ4n) is 0. The molecule has 0 aliphatic heterocycles. The van der Waals surface area contributed by atoms with Crippen LogP contribution in [0, 0.1) is 0 Å². The van der Waals surface area contributed by atoms with Crippen molar-refractivity contribution in [1.82, 2.24) is 0 Å². The summed E-state index contributed by atoms with van der Waals surface area (Å²) in [5.41, 5.74) is 0. The van der Waals surface area contributed by atoms with Crippen LogP contribution in [0.1, 0.15) is 0 Å². The Morgan fingerprint density at radius 2 is 0.889 bits per heavy atom. The number of hydrogen-bond acceptors (Lipinski definition) is 2. The van der Waals surface area contributed by atoms with E-state index in [2.05, 4.69) is 0 Å². The molecule has 0 aliphatic carbocycles. The molecule has 4 nitrogen and oxygen atoms in total. The fourth-order valence-corrected chi connectivity index (χ4v) is 0. The standard InChI is InChI=1S/Bi.3HI.H2O4Se/c;;;;1-5(2,3)4/h;3*1H;(H2,1,2,3,4)/q+3;;;;/p-3. The molecule has 0 saturated heterocycles. The number of hydrogen-bond donors (Lipinski definition) is 2. The molecule has 0 bridgehead atoms. The van der Waals surface area contributed by atoms with E-state index in [0.29, 0.717) is 0 Å². The van der Waals surface area contributed by atoms with Crippen molar-refractivity contribution >= 4 is 39.6 Å². The van der Waals surface area contributed by atoms with E-state index >= 15 is 0 Å². The number of halogens is 3. The second-order valence-corrected chi connectivity index (χ2v) is 2.33. The van der Waals surface area contributed by atoms with Crippen molar-refractivity contribution in [2.75, 3.05) is 0 Å². The van der Waals surface area contributed by atoms with E-state index in [4.69, 9.17) is 16.0 Å². The van der Waals surface area contributed by atoms with Gasteiger partial charge < -0.3 is 71.9 Å². The van der Waals surface area contributed by atoms with Gasteiger partial charge in [0.15, 0.2) is 0 Å². The number of rotatable bonds is 0. The molecule has 0 saturated carbocycles. The van der Waals surface area contributed by atoms with Gasteiger partial charge in [-0.3, -0.25) is 0 Å². The van der Waals surface area contributed by atoms with Crippen LogP contribution < -0.4 is 71.9 Å². The van der Waals surface area contributed by atoms with Crippen LogP contribution in [0.4, 0.5) is 0 Å². The van der Waals surface area contributed by atoms with E-state index in [-0.39, 0.29) is 98.1 Å². The molecule has 0 unspecified atom stereocenters. The Hall–Kier alpha value is 3.11. The van der Waals surface area contributed by atoms with E-state index in [9.17, 15) is 0 Å². The third kappa shape index (κ3) is 95.2. The molecule has 0 aromatic heterocycles. The minimum Gasteiger partial charge on any atom is -1.00 e. The van der Waals surface area contributed by atoms with Gasteiger partial charge in [0.1, 0.15) is 0 Å². The van der Waals surface area contributed by atoms with Gasteiger partial charge in [-0.1, -0.05) is 0 Å². The Labute approximate surface area is 125 Å². The molecule has 2 radical (unpaired) electrons. The minimum absolute atomic E-state index is 0. The third-order valence-corrected chi connectivity index (χ3v) is 0. The predicted octanol–water partition coefficient (Wildman–Crippen LogP) is -11.1. The zero-order valence-corrected chi connectivity index (χ0v) is 15.4. The Balaban J connectivity index is -0.0000000133. The van der Waals surface area contributed by atoms with Crippen LogP contribution in [0.5, 0.6) is 0 Å². The van der Waals surface area contributed by atoms with Crippen molar-refractivity contribution < 1.29 is 88.0 Å². The average molecular weight is 735 g/mol. The molecule has 0 atom stereocenters.